The number of piperidine rings is 1. The van der Waals surface area contributed by atoms with Gasteiger partial charge < -0.3 is 15.3 Å². The van der Waals surface area contributed by atoms with Gasteiger partial charge in [-0.3, -0.25) is 4.79 Å². The van der Waals surface area contributed by atoms with E-state index in [-0.39, 0.29) is 17.4 Å². The van der Waals surface area contributed by atoms with Crippen molar-refractivity contribution in [2.24, 2.45) is 5.41 Å². The Labute approximate surface area is 235 Å². The van der Waals surface area contributed by atoms with Crippen molar-refractivity contribution in [3.63, 3.8) is 0 Å². The topological polar surface area (TPSA) is 116 Å². The summed E-state index contributed by atoms with van der Waals surface area (Å²) in [6.07, 6.45) is 9.09. The third-order valence-corrected chi connectivity index (χ3v) is 9.36. The lowest BCUT2D eigenvalue weighted by atomic mass is 9.77. The van der Waals surface area contributed by atoms with Gasteiger partial charge in [0.05, 0.1) is 16.5 Å². The zero-order valence-corrected chi connectivity index (χ0v) is 23.6. The Morgan fingerprint density at radius 3 is 2.38 bits per heavy atom. The highest BCUT2D eigenvalue weighted by atomic mass is 32.2. The summed E-state index contributed by atoms with van der Waals surface area (Å²) in [5.41, 5.74) is 2.27. The molecule has 0 radical (unpaired) electrons. The van der Waals surface area contributed by atoms with E-state index < -0.39 is 9.84 Å². The van der Waals surface area contributed by atoms with Gasteiger partial charge in [0.1, 0.15) is 18.3 Å². The fraction of sp³-hybridized carbons (Fsp3) is 0.400. The van der Waals surface area contributed by atoms with Gasteiger partial charge in [0.15, 0.2) is 16.4 Å². The van der Waals surface area contributed by atoms with Gasteiger partial charge in [-0.25, -0.2) is 18.4 Å². The van der Waals surface area contributed by atoms with Gasteiger partial charge in [0.25, 0.3) is 5.91 Å². The first-order chi connectivity index (χ1) is 19.2. The predicted octanol–water partition coefficient (Wildman–Crippen LogP) is 3.40. The molecular formula is C30H36N5O4S+. The molecule has 1 fully saturated rings. The number of likely N-dealkylation sites (tertiary alicyclic amines) is 1. The summed E-state index contributed by atoms with van der Waals surface area (Å²) in [6, 6.07) is 16.8. The molecule has 40 heavy (non-hydrogen) atoms. The first-order valence-electron chi connectivity index (χ1n) is 13.7. The van der Waals surface area contributed by atoms with Crippen LogP contribution in [0.1, 0.15) is 53.2 Å². The van der Waals surface area contributed by atoms with Gasteiger partial charge in [0, 0.05) is 37.2 Å². The number of benzene rings is 2. The number of hydrogen-bond acceptors (Lipinski definition) is 6. The van der Waals surface area contributed by atoms with Crippen molar-refractivity contribution in [1.29, 1.82) is 0 Å². The fourth-order valence-corrected chi connectivity index (χ4v) is 6.40. The molecule has 5 rings (SSSR count). The molecule has 10 heteroatoms. The maximum absolute atomic E-state index is 12.8. The van der Waals surface area contributed by atoms with Crippen molar-refractivity contribution in [2.45, 2.75) is 43.2 Å². The second kappa shape index (κ2) is 11.9. The number of aliphatic hydroxyl groups excluding tert-OH is 1. The monoisotopic (exact) mass is 562 g/mol. The van der Waals surface area contributed by atoms with E-state index in [0.29, 0.717) is 22.9 Å². The quantitative estimate of drug-likeness (QED) is 0.384. The summed E-state index contributed by atoms with van der Waals surface area (Å²) in [7, 11) is -3.23. The summed E-state index contributed by atoms with van der Waals surface area (Å²) in [6.45, 7) is 3.93. The number of amides is 1. The van der Waals surface area contributed by atoms with Crippen molar-refractivity contribution in [1.82, 2.24) is 20.2 Å². The molecule has 0 aliphatic carbocycles. The molecule has 9 nitrogen and oxygen atoms in total. The lowest BCUT2D eigenvalue weighted by molar-refractivity contribution is -0.543. The second-order valence-electron chi connectivity index (χ2n) is 10.9. The van der Waals surface area contributed by atoms with Gasteiger partial charge in [-0.2, -0.15) is 4.58 Å². The molecule has 2 N–H and O–H groups in total. The molecule has 3 heterocycles. The molecule has 0 bridgehead atoms. The van der Waals surface area contributed by atoms with Gasteiger partial charge in [-0.05, 0) is 50.0 Å². The molecule has 2 aliphatic rings. The number of sulfone groups is 1. The average Bonchev–Trinajstić information content (AvgIpc) is 3.26. The maximum atomic E-state index is 12.8. The molecule has 1 amide bonds. The number of aliphatic hydroxyl groups is 1. The Balaban J connectivity index is 1.19. The summed E-state index contributed by atoms with van der Waals surface area (Å²) in [5.74, 6) is 0.266. The zero-order valence-electron chi connectivity index (χ0n) is 22.7. The Hall–Kier alpha value is -3.63. The maximum Gasteiger partial charge on any atom is 0.340 e. The van der Waals surface area contributed by atoms with E-state index in [9.17, 15) is 18.3 Å². The first-order valence-corrected chi connectivity index (χ1v) is 15.6. The van der Waals surface area contributed by atoms with Crippen LogP contribution in [-0.4, -0.2) is 77.2 Å². The Morgan fingerprint density at radius 2 is 1.73 bits per heavy atom. The van der Waals surface area contributed by atoms with E-state index in [2.05, 4.69) is 20.2 Å². The predicted molar refractivity (Wildman–Crippen MR) is 152 cm³/mol. The number of nitrogens with zero attached hydrogens (tertiary/aromatic N) is 4. The normalized spacial score (nSPS) is 18.1. The second-order valence-corrected chi connectivity index (χ2v) is 12.9. The summed E-state index contributed by atoms with van der Waals surface area (Å²) < 4.78 is 25.5. The van der Waals surface area contributed by atoms with Crippen molar-refractivity contribution in [3.8, 4) is 0 Å². The minimum Gasteiger partial charge on any atom is -0.463 e. The molecule has 2 aliphatic heterocycles. The largest absolute Gasteiger partial charge is 0.463 e. The molecule has 0 saturated carbocycles. The molecule has 1 spiro atoms. The third-order valence-electron chi connectivity index (χ3n) is 8.24. The number of carbonyl (C=O) groups excluding carboxylic acids is 1. The number of rotatable bonds is 9. The summed E-state index contributed by atoms with van der Waals surface area (Å²) >= 11 is 0. The van der Waals surface area contributed by atoms with E-state index in [1.54, 1.807) is 12.1 Å². The van der Waals surface area contributed by atoms with E-state index in [4.69, 9.17) is 0 Å². The Bertz CT molecular complexity index is 1450. The van der Waals surface area contributed by atoms with Crippen molar-refractivity contribution in [2.75, 3.05) is 32.4 Å². The van der Waals surface area contributed by atoms with Crippen molar-refractivity contribution < 1.29 is 22.9 Å². The summed E-state index contributed by atoms with van der Waals surface area (Å²) in [4.78, 5) is 23.5. The number of nitrogens with one attached hydrogen (secondary N) is 1. The highest BCUT2D eigenvalue weighted by Gasteiger charge is 2.49. The fourth-order valence-electron chi connectivity index (χ4n) is 5.77. The molecule has 0 unspecified atom stereocenters. The molecular weight excluding hydrogens is 526 g/mol. The van der Waals surface area contributed by atoms with Gasteiger partial charge in [0.2, 0.25) is 0 Å². The van der Waals surface area contributed by atoms with E-state index >= 15 is 0 Å². The third kappa shape index (κ3) is 6.39. The molecule has 3 aromatic rings. The Morgan fingerprint density at radius 1 is 1.05 bits per heavy atom. The first kappa shape index (κ1) is 27.9. The van der Waals surface area contributed by atoms with Crippen LogP contribution in [0.2, 0.25) is 0 Å². The van der Waals surface area contributed by atoms with Crippen LogP contribution in [0, 0.1) is 5.41 Å². The number of aromatic nitrogens is 2. The van der Waals surface area contributed by atoms with Crippen LogP contribution in [0.25, 0.3) is 0 Å². The van der Waals surface area contributed by atoms with E-state index in [1.807, 2.05) is 47.0 Å². The van der Waals surface area contributed by atoms with Gasteiger partial charge in [-0.1, -0.05) is 42.5 Å². The minimum atomic E-state index is -3.23. The van der Waals surface area contributed by atoms with Gasteiger partial charge in [-0.15, -0.1) is 0 Å². The van der Waals surface area contributed by atoms with Crippen LogP contribution in [0.15, 0.2) is 78.2 Å². The molecule has 1 atom stereocenters. The van der Waals surface area contributed by atoms with Crippen LogP contribution >= 0.6 is 0 Å². The van der Waals surface area contributed by atoms with Crippen LogP contribution in [0.5, 0.6) is 0 Å². The SMILES string of the molecule is CS(=O)(=O)c1ccc(C[N+]2=C(O)C3(CCN(CC[C@H](NC(=O)c4cncnc4)c4ccccc4)CC3)CC2)cc1. The van der Waals surface area contributed by atoms with Crippen LogP contribution in [0.4, 0.5) is 0 Å². The molecule has 1 saturated heterocycles. The van der Waals surface area contributed by atoms with Crippen molar-refractivity contribution in [3.05, 3.63) is 90.0 Å². The standard InChI is InChI=1S/C30H35N5O4S/c1-40(38,39)26-9-7-23(8-10-26)21-35-18-14-30(29(35)37)12-16-34(17-13-30)15-11-27(24-5-3-2-4-6-24)33-28(36)25-19-31-22-32-20-25/h2-10,19-20,22,27H,11-18,21H2,1H3,(H,33,36)/p+1/t27-/m0/s1. The number of carbonyl (C=O) groups is 1. The van der Waals surface area contributed by atoms with E-state index in [0.717, 1.165) is 63.0 Å². The average molecular weight is 563 g/mol. The molecule has 2 aromatic carbocycles. The molecule has 1 aromatic heterocycles. The van der Waals surface area contributed by atoms with Crippen LogP contribution < -0.4 is 5.32 Å². The highest BCUT2D eigenvalue weighted by Crippen LogP contribution is 2.39. The molecule has 210 valence electrons. The lowest BCUT2D eigenvalue weighted by Crippen LogP contribution is -2.44. The highest BCUT2D eigenvalue weighted by molar-refractivity contribution is 7.90. The summed E-state index contributed by atoms with van der Waals surface area (Å²) in [5, 5.41) is 14.4. The Kier molecular flexibility index (Phi) is 8.27. The van der Waals surface area contributed by atoms with E-state index in [1.165, 1.54) is 25.0 Å². The van der Waals surface area contributed by atoms with Gasteiger partial charge >= 0.3 is 5.90 Å². The number of hydrogen-bond donors (Lipinski definition) is 2. The van der Waals surface area contributed by atoms with Crippen molar-refractivity contribution >= 4 is 21.6 Å². The zero-order chi connectivity index (χ0) is 28.2. The van der Waals surface area contributed by atoms with Crippen LogP contribution in [-0.2, 0) is 16.4 Å². The lowest BCUT2D eigenvalue weighted by Gasteiger charge is -2.36. The minimum absolute atomic E-state index is 0.138. The van der Waals surface area contributed by atoms with Crippen LogP contribution in [0.3, 0.4) is 0 Å². The smallest absolute Gasteiger partial charge is 0.340 e.